The van der Waals surface area contributed by atoms with E-state index in [9.17, 15) is 0 Å². The van der Waals surface area contributed by atoms with Crippen LogP contribution in [0.5, 0.6) is 5.75 Å². The maximum atomic E-state index is 6.11. The summed E-state index contributed by atoms with van der Waals surface area (Å²) in [6.45, 7) is 2.27. The summed E-state index contributed by atoms with van der Waals surface area (Å²) in [5, 5.41) is 0. The van der Waals surface area contributed by atoms with E-state index in [4.69, 9.17) is 16.3 Å². The predicted molar refractivity (Wildman–Crippen MR) is 80.7 cm³/mol. The van der Waals surface area contributed by atoms with Crippen LogP contribution in [0.1, 0.15) is 44.6 Å². The van der Waals surface area contributed by atoms with E-state index in [1.54, 1.807) is 0 Å². The second kappa shape index (κ2) is 7.46. The van der Waals surface area contributed by atoms with Gasteiger partial charge < -0.3 is 4.74 Å². The molecule has 2 unspecified atom stereocenters. The number of hydrogen-bond acceptors (Lipinski definition) is 1. The minimum Gasteiger partial charge on any atom is -0.490 e. The third-order valence-corrected chi connectivity index (χ3v) is 3.88. The SMILES string of the molecule is CCC1CCCC(Oc2cccc(C#CCCl)c2)C1. The van der Waals surface area contributed by atoms with Gasteiger partial charge in [-0.3, -0.25) is 0 Å². The van der Waals surface area contributed by atoms with Crippen molar-refractivity contribution < 1.29 is 4.74 Å². The molecule has 0 bridgehead atoms. The molecule has 1 aromatic rings. The first-order valence-corrected chi connectivity index (χ1v) is 7.66. The van der Waals surface area contributed by atoms with Crippen LogP contribution in [-0.2, 0) is 0 Å². The number of rotatable bonds is 3. The fourth-order valence-corrected chi connectivity index (χ4v) is 2.76. The normalized spacial score (nSPS) is 22.4. The molecule has 2 heteroatoms. The summed E-state index contributed by atoms with van der Waals surface area (Å²) in [6, 6.07) is 8.01. The number of halogens is 1. The lowest BCUT2D eigenvalue weighted by Gasteiger charge is -2.29. The van der Waals surface area contributed by atoms with Crippen molar-refractivity contribution in [1.29, 1.82) is 0 Å². The highest BCUT2D eigenvalue weighted by Crippen LogP contribution is 2.29. The van der Waals surface area contributed by atoms with Crippen molar-refractivity contribution in [3.8, 4) is 17.6 Å². The molecule has 1 saturated carbocycles. The summed E-state index contributed by atoms with van der Waals surface area (Å²) in [7, 11) is 0. The Morgan fingerprint density at radius 1 is 1.37 bits per heavy atom. The molecule has 0 radical (unpaired) electrons. The highest BCUT2D eigenvalue weighted by molar-refractivity contribution is 6.19. The molecule has 2 rings (SSSR count). The zero-order chi connectivity index (χ0) is 13.5. The summed E-state index contributed by atoms with van der Waals surface area (Å²) in [6.07, 6.45) is 6.64. The molecular weight excluding hydrogens is 256 g/mol. The van der Waals surface area contributed by atoms with Gasteiger partial charge in [-0.25, -0.2) is 0 Å². The largest absolute Gasteiger partial charge is 0.490 e. The van der Waals surface area contributed by atoms with Gasteiger partial charge in [-0.2, -0.15) is 0 Å². The van der Waals surface area contributed by atoms with Crippen LogP contribution in [0.4, 0.5) is 0 Å². The quantitative estimate of drug-likeness (QED) is 0.578. The van der Waals surface area contributed by atoms with Crippen LogP contribution in [-0.4, -0.2) is 12.0 Å². The molecule has 0 amide bonds. The van der Waals surface area contributed by atoms with Crippen LogP contribution >= 0.6 is 11.6 Å². The van der Waals surface area contributed by atoms with Crippen molar-refractivity contribution >= 4 is 11.6 Å². The molecule has 1 fully saturated rings. The maximum Gasteiger partial charge on any atom is 0.120 e. The van der Waals surface area contributed by atoms with E-state index < -0.39 is 0 Å². The average Bonchev–Trinajstić information content (AvgIpc) is 2.46. The van der Waals surface area contributed by atoms with Crippen molar-refractivity contribution in [3.63, 3.8) is 0 Å². The maximum absolute atomic E-state index is 6.11. The summed E-state index contributed by atoms with van der Waals surface area (Å²) in [5.74, 6) is 8.03. The molecule has 0 saturated heterocycles. The zero-order valence-electron chi connectivity index (χ0n) is 11.5. The Hall–Kier alpha value is -1.13. The van der Waals surface area contributed by atoms with E-state index in [0.29, 0.717) is 12.0 Å². The van der Waals surface area contributed by atoms with Gasteiger partial charge in [0.15, 0.2) is 0 Å². The number of hydrogen-bond donors (Lipinski definition) is 0. The number of ether oxygens (including phenoxy) is 1. The smallest absolute Gasteiger partial charge is 0.120 e. The van der Waals surface area contributed by atoms with E-state index in [2.05, 4.69) is 18.8 Å². The molecule has 0 aromatic heterocycles. The van der Waals surface area contributed by atoms with Gasteiger partial charge in [0.25, 0.3) is 0 Å². The molecule has 19 heavy (non-hydrogen) atoms. The standard InChI is InChI=1S/C17H21ClO/c1-2-14-6-3-9-16(12-14)19-17-10-4-7-15(13-17)8-5-11-18/h4,7,10,13-14,16H,2-3,6,9,11-12H2,1H3. The molecule has 0 N–H and O–H groups in total. The summed E-state index contributed by atoms with van der Waals surface area (Å²) in [4.78, 5) is 0. The van der Waals surface area contributed by atoms with Crippen molar-refractivity contribution in [2.24, 2.45) is 5.92 Å². The molecule has 1 aliphatic rings. The molecule has 102 valence electrons. The van der Waals surface area contributed by atoms with E-state index in [-0.39, 0.29) is 0 Å². The number of benzene rings is 1. The molecule has 2 atom stereocenters. The van der Waals surface area contributed by atoms with Crippen LogP contribution in [0.2, 0.25) is 0 Å². The van der Waals surface area contributed by atoms with Crippen LogP contribution < -0.4 is 4.74 Å². The van der Waals surface area contributed by atoms with Crippen molar-refractivity contribution in [3.05, 3.63) is 29.8 Å². The Balaban J connectivity index is 1.98. The third-order valence-electron chi connectivity index (χ3n) is 3.75. The third kappa shape index (κ3) is 4.48. The molecule has 1 aromatic carbocycles. The molecule has 1 nitrogen and oxygen atoms in total. The molecule has 0 spiro atoms. The highest BCUT2D eigenvalue weighted by atomic mass is 35.5. The lowest BCUT2D eigenvalue weighted by Crippen LogP contribution is -2.25. The van der Waals surface area contributed by atoms with Gasteiger partial charge >= 0.3 is 0 Å². The van der Waals surface area contributed by atoms with Gasteiger partial charge in [-0.1, -0.05) is 37.7 Å². The molecular formula is C17H21ClO. The number of alkyl halides is 1. The van der Waals surface area contributed by atoms with Crippen LogP contribution in [0.3, 0.4) is 0 Å². The van der Waals surface area contributed by atoms with Gasteiger partial charge in [-0.05, 0) is 43.4 Å². The monoisotopic (exact) mass is 276 g/mol. The Labute approximate surface area is 121 Å². The molecule has 0 heterocycles. The van der Waals surface area contributed by atoms with Gasteiger partial charge in [-0.15, -0.1) is 11.6 Å². The molecule has 0 aliphatic heterocycles. The minimum absolute atomic E-state index is 0.367. The summed E-state index contributed by atoms with van der Waals surface area (Å²) < 4.78 is 6.11. The fourth-order valence-electron chi connectivity index (χ4n) is 2.69. The minimum atomic E-state index is 0.367. The van der Waals surface area contributed by atoms with Crippen LogP contribution in [0.15, 0.2) is 24.3 Å². The molecule has 1 aliphatic carbocycles. The van der Waals surface area contributed by atoms with Crippen molar-refractivity contribution in [1.82, 2.24) is 0 Å². The Morgan fingerprint density at radius 2 is 2.26 bits per heavy atom. The first-order chi connectivity index (χ1) is 9.31. The first-order valence-electron chi connectivity index (χ1n) is 7.13. The Kier molecular flexibility index (Phi) is 5.61. The summed E-state index contributed by atoms with van der Waals surface area (Å²) in [5.41, 5.74) is 0.973. The average molecular weight is 277 g/mol. The van der Waals surface area contributed by atoms with Gasteiger partial charge in [0.2, 0.25) is 0 Å². The topological polar surface area (TPSA) is 9.23 Å². The fraction of sp³-hybridized carbons (Fsp3) is 0.529. The van der Waals surface area contributed by atoms with Crippen molar-refractivity contribution in [2.75, 3.05) is 5.88 Å². The van der Waals surface area contributed by atoms with E-state index >= 15 is 0 Å². The van der Waals surface area contributed by atoms with Crippen LogP contribution in [0, 0.1) is 17.8 Å². The lowest BCUT2D eigenvalue weighted by atomic mass is 9.85. The van der Waals surface area contributed by atoms with Crippen molar-refractivity contribution in [2.45, 2.75) is 45.1 Å². The van der Waals surface area contributed by atoms with E-state index in [0.717, 1.165) is 17.2 Å². The van der Waals surface area contributed by atoms with Crippen LogP contribution in [0.25, 0.3) is 0 Å². The highest BCUT2D eigenvalue weighted by Gasteiger charge is 2.21. The van der Waals surface area contributed by atoms with E-state index in [1.807, 2.05) is 24.3 Å². The Bertz CT molecular complexity index is 458. The van der Waals surface area contributed by atoms with Gasteiger partial charge in [0.1, 0.15) is 5.75 Å². The summed E-state index contributed by atoms with van der Waals surface area (Å²) >= 11 is 5.57. The Morgan fingerprint density at radius 3 is 3.05 bits per heavy atom. The van der Waals surface area contributed by atoms with Gasteiger partial charge in [0, 0.05) is 5.56 Å². The first kappa shape index (κ1) is 14.3. The zero-order valence-corrected chi connectivity index (χ0v) is 12.2. The second-order valence-electron chi connectivity index (χ2n) is 5.14. The predicted octanol–water partition coefficient (Wildman–Crippen LogP) is 4.62. The van der Waals surface area contributed by atoms with E-state index in [1.165, 1.54) is 32.1 Å². The van der Waals surface area contributed by atoms with Gasteiger partial charge in [0.05, 0.1) is 12.0 Å². The second-order valence-corrected chi connectivity index (χ2v) is 5.41. The lowest BCUT2D eigenvalue weighted by molar-refractivity contribution is 0.122.